The lowest BCUT2D eigenvalue weighted by Crippen LogP contribution is -2.28. The maximum absolute atomic E-state index is 12.7. The summed E-state index contributed by atoms with van der Waals surface area (Å²) < 4.78 is 0. The summed E-state index contributed by atoms with van der Waals surface area (Å²) in [6, 6.07) is 14.7. The Morgan fingerprint density at radius 2 is 1.85 bits per heavy atom. The highest BCUT2D eigenvalue weighted by molar-refractivity contribution is 6.04. The summed E-state index contributed by atoms with van der Waals surface area (Å²) in [5, 5.41) is 2.98. The van der Waals surface area contributed by atoms with Gasteiger partial charge in [-0.05, 0) is 36.6 Å². The maximum atomic E-state index is 12.7. The Balaban J connectivity index is 1.75. The molecule has 3 rings (SSSR count). The molecular formula is C22H24N2O3. The van der Waals surface area contributed by atoms with Gasteiger partial charge in [-0.15, -0.1) is 0 Å². The van der Waals surface area contributed by atoms with E-state index in [9.17, 15) is 14.4 Å². The molecule has 2 aromatic rings. The Kier molecular flexibility index (Phi) is 5.40. The van der Waals surface area contributed by atoms with Gasteiger partial charge in [0.15, 0.2) is 5.78 Å². The molecule has 1 fully saturated rings. The molecule has 1 atom stereocenters. The number of carbonyl (C=O) groups excluding carboxylic acids is 3. The largest absolute Gasteiger partial charge is 0.326 e. The van der Waals surface area contributed by atoms with Gasteiger partial charge in [0.05, 0.1) is 5.92 Å². The van der Waals surface area contributed by atoms with E-state index in [1.54, 1.807) is 29.2 Å². The molecule has 0 aliphatic carbocycles. The molecule has 0 spiro atoms. The summed E-state index contributed by atoms with van der Waals surface area (Å²) in [6.45, 7) is 5.96. The number of nitrogens with zero attached hydrogens (tertiary/aromatic N) is 1. The molecule has 5 nitrogen and oxygen atoms in total. The third-order valence-electron chi connectivity index (χ3n) is 4.90. The zero-order valence-electron chi connectivity index (χ0n) is 15.9. The first-order chi connectivity index (χ1) is 12.9. The number of anilines is 2. The average Bonchev–Trinajstić information content (AvgIpc) is 3.04. The van der Waals surface area contributed by atoms with Crippen LogP contribution in [0.2, 0.25) is 0 Å². The van der Waals surface area contributed by atoms with Crippen LogP contribution in [0, 0.1) is 5.92 Å². The number of rotatable bonds is 5. The predicted octanol–water partition coefficient (Wildman–Crippen LogP) is 4.00. The van der Waals surface area contributed by atoms with Crippen molar-refractivity contribution in [1.29, 1.82) is 0 Å². The van der Waals surface area contributed by atoms with E-state index < -0.39 is 5.92 Å². The first-order valence-electron chi connectivity index (χ1n) is 9.18. The van der Waals surface area contributed by atoms with E-state index in [-0.39, 0.29) is 29.9 Å². The Bertz CT molecular complexity index is 889. The Morgan fingerprint density at radius 3 is 2.56 bits per heavy atom. The second-order valence-electron chi connectivity index (χ2n) is 7.24. The summed E-state index contributed by atoms with van der Waals surface area (Å²) in [4.78, 5) is 38.4. The van der Waals surface area contributed by atoms with E-state index in [0.717, 1.165) is 11.3 Å². The molecule has 2 aromatic carbocycles. The lowest BCUT2D eigenvalue weighted by Gasteiger charge is -2.18. The summed E-state index contributed by atoms with van der Waals surface area (Å²) in [6.07, 6.45) is 0.167. The van der Waals surface area contributed by atoms with Crippen LogP contribution in [0.3, 0.4) is 0 Å². The van der Waals surface area contributed by atoms with Crippen molar-refractivity contribution in [1.82, 2.24) is 0 Å². The van der Waals surface area contributed by atoms with Gasteiger partial charge >= 0.3 is 0 Å². The number of amides is 2. The standard InChI is InChI=1S/C22H24N2O3/c1-14(2)19-9-4-5-10-20(19)23-22(27)17-12-21(26)24(13-17)18-8-6-7-16(11-18)15(3)25/h4-11,14,17H,12-13H2,1-3H3,(H,23,27). The smallest absolute Gasteiger partial charge is 0.229 e. The number of nitrogens with one attached hydrogen (secondary N) is 1. The molecule has 5 heteroatoms. The van der Waals surface area contributed by atoms with Crippen LogP contribution < -0.4 is 10.2 Å². The predicted molar refractivity (Wildman–Crippen MR) is 106 cm³/mol. The van der Waals surface area contributed by atoms with Crippen LogP contribution >= 0.6 is 0 Å². The van der Waals surface area contributed by atoms with Gasteiger partial charge < -0.3 is 10.2 Å². The summed E-state index contributed by atoms with van der Waals surface area (Å²) in [5.74, 6) is -0.436. The zero-order valence-corrected chi connectivity index (χ0v) is 15.9. The van der Waals surface area contributed by atoms with Gasteiger partial charge in [-0.3, -0.25) is 14.4 Å². The highest BCUT2D eigenvalue weighted by Gasteiger charge is 2.35. The van der Waals surface area contributed by atoms with Crippen molar-refractivity contribution in [2.24, 2.45) is 5.92 Å². The second kappa shape index (κ2) is 7.74. The minimum Gasteiger partial charge on any atom is -0.326 e. The SMILES string of the molecule is CC(=O)c1cccc(N2CC(C(=O)Nc3ccccc3C(C)C)CC2=O)c1. The van der Waals surface area contributed by atoms with Crippen molar-refractivity contribution in [3.8, 4) is 0 Å². The first-order valence-corrected chi connectivity index (χ1v) is 9.18. The topological polar surface area (TPSA) is 66.5 Å². The van der Waals surface area contributed by atoms with Gasteiger partial charge in [-0.1, -0.05) is 44.2 Å². The molecule has 1 aliphatic rings. The minimum atomic E-state index is -0.418. The van der Waals surface area contributed by atoms with E-state index in [0.29, 0.717) is 17.8 Å². The van der Waals surface area contributed by atoms with Crippen LogP contribution in [0.1, 0.15) is 49.0 Å². The van der Waals surface area contributed by atoms with E-state index in [1.807, 2.05) is 24.3 Å². The van der Waals surface area contributed by atoms with Crippen LogP contribution in [0.4, 0.5) is 11.4 Å². The molecule has 0 bridgehead atoms. The molecule has 1 aliphatic heterocycles. The zero-order chi connectivity index (χ0) is 19.6. The number of para-hydroxylation sites is 1. The van der Waals surface area contributed by atoms with Gasteiger partial charge in [-0.2, -0.15) is 0 Å². The lowest BCUT2D eigenvalue weighted by atomic mass is 10.0. The molecular weight excluding hydrogens is 340 g/mol. The summed E-state index contributed by atoms with van der Waals surface area (Å²) in [5.41, 5.74) is 3.08. The molecule has 0 radical (unpaired) electrons. The third kappa shape index (κ3) is 4.08. The van der Waals surface area contributed by atoms with Crippen LogP contribution in [-0.4, -0.2) is 24.1 Å². The van der Waals surface area contributed by atoms with Crippen LogP contribution in [0.15, 0.2) is 48.5 Å². The molecule has 140 valence electrons. The van der Waals surface area contributed by atoms with Crippen molar-refractivity contribution >= 4 is 29.0 Å². The normalized spacial score (nSPS) is 16.7. The van der Waals surface area contributed by atoms with Gasteiger partial charge in [0, 0.05) is 29.9 Å². The Hall–Kier alpha value is -2.95. The molecule has 2 amide bonds. The first kappa shape index (κ1) is 18.8. The average molecular weight is 364 g/mol. The quantitative estimate of drug-likeness (QED) is 0.816. The molecule has 27 heavy (non-hydrogen) atoms. The van der Waals surface area contributed by atoms with Crippen molar-refractivity contribution in [2.75, 3.05) is 16.8 Å². The van der Waals surface area contributed by atoms with Gasteiger partial charge in [-0.25, -0.2) is 0 Å². The van der Waals surface area contributed by atoms with E-state index >= 15 is 0 Å². The van der Waals surface area contributed by atoms with Crippen LogP contribution in [-0.2, 0) is 9.59 Å². The van der Waals surface area contributed by atoms with Crippen LogP contribution in [0.5, 0.6) is 0 Å². The summed E-state index contributed by atoms with van der Waals surface area (Å²) >= 11 is 0. The van der Waals surface area contributed by atoms with Gasteiger partial charge in [0.25, 0.3) is 0 Å². The molecule has 1 N–H and O–H groups in total. The molecule has 1 heterocycles. The monoisotopic (exact) mass is 364 g/mol. The molecule has 0 saturated carbocycles. The summed E-state index contributed by atoms with van der Waals surface area (Å²) in [7, 11) is 0. The number of hydrogen-bond donors (Lipinski definition) is 1. The van der Waals surface area contributed by atoms with Gasteiger partial charge in [0.1, 0.15) is 0 Å². The van der Waals surface area contributed by atoms with Crippen molar-refractivity contribution in [3.05, 3.63) is 59.7 Å². The fourth-order valence-electron chi connectivity index (χ4n) is 3.37. The number of carbonyl (C=O) groups is 3. The number of hydrogen-bond acceptors (Lipinski definition) is 3. The highest BCUT2D eigenvalue weighted by atomic mass is 16.2. The van der Waals surface area contributed by atoms with Crippen LogP contribution in [0.25, 0.3) is 0 Å². The van der Waals surface area contributed by atoms with Crippen molar-refractivity contribution in [3.63, 3.8) is 0 Å². The van der Waals surface area contributed by atoms with E-state index in [2.05, 4.69) is 19.2 Å². The van der Waals surface area contributed by atoms with Crippen molar-refractivity contribution in [2.45, 2.75) is 33.1 Å². The van der Waals surface area contributed by atoms with E-state index in [4.69, 9.17) is 0 Å². The van der Waals surface area contributed by atoms with E-state index in [1.165, 1.54) is 6.92 Å². The lowest BCUT2D eigenvalue weighted by molar-refractivity contribution is -0.122. The Morgan fingerprint density at radius 1 is 1.11 bits per heavy atom. The fourth-order valence-corrected chi connectivity index (χ4v) is 3.37. The second-order valence-corrected chi connectivity index (χ2v) is 7.24. The molecule has 0 aromatic heterocycles. The third-order valence-corrected chi connectivity index (χ3v) is 4.90. The van der Waals surface area contributed by atoms with Crippen molar-refractivity contribution < 1.29 is 14.4 Å². The maximum Gasteiger partial charge on any atom is 0.229 e. The minimum absolute atomic E-state index is 0.0527. The number of benzene rings is 2. The molecule has 1 saturated heterocycles. The number of ketones is 1. The highest BCUT2D eigenvalue weighted by Crippen LogP contribution is 2.28. The fraction of sp³-hybridized carbons (Fsp3) is 0.318. The molecule has 1 unspecified atom stereocenters. The Labute approximate surface area is 159 Å². The number of Topliss-reactive ketones (excluding diaryl/α,β-unsaturated/α-hetero) is 1. The van der Waals surface area contributed by atoms with Gasteiger partial charge in [0.2, 0.25) is 11.8 Å².